The molecule has 1 rings (SSSR count). The van der Waals surface area contributed by atoms with Gasteiger partial charge in [0.2, 0.25) is 0 Å². The highest BCUT2D eigenvalue weighted by Gasteiger charge is 2.24. The SMILES string of the molecule is CC(C)NC(=O)NC(C#N)C1CCCCC1. The Morgan fingerprint density at radius 2 is 1.88 bits per heavy atom. The third-order valence-electron chi connectivity index (χ3n) is 2.97. The van der Waals surface area contributed by atoms with Crippen molar-refractivity contribution in [2.45, 2.75) is 58.0 Å². The first-order chi connectivity index (χ1) is 7.63. The number of nitrogens with zero attached hydrogens (tertiary/aromatic N) is 1. The van der Waals surface area contributed by atoms with E-state index in [1.54, 1.807) is 0 Å². The highest BCUT2D eigenvalue weighted by Crippen LogP contribution is 2.26. The summed E-state index contributed by atoms with van der Waals surface area (Å²) >= 11 is 0. The van der Waals surface area contributed by atoms with Crippen molar-refractivity contribution < 1.29 is 4.79 Å². The fourth-order valence-corrected chi connectivity index (χ4v) is 2.17. The summed E-state index contributed by atoms with van der Waals surface area (Å²) in [5.41, 5.74) is 0. The third kappa shape index (κ3) is 4.09. The standard InChI is InChI=1S/C12H21N3O/c1-9(2)14-12(16)15-11(8-13)10-6-4-3-5-7-10/h9-11H,3-7H2,1-2H3,(H2,14,15,16). The van der Waals surface area contributed by atoms with Crippen LogP contribution in [0.3, 0.4) is 0 Å². The normalized spacial score (nSPS) is 18.9. The Bertz CT molecular complexity index is 264. The highest BCUT2D eigenvalue weighted by molar-refractivity contribution is 5.74. The van der Waals surface area contributed by atoms with E-state index in [-0.39, 0.29) is 18.1 Å². The van der Waals surface area contributed by atoms with Crippen LogP contribution in [-0.2, 0) is 0 Å². The Kier molecular flexibility index (Phi) is 5.10. The second kappa shape index (κ2) is 6.37. The molecule has 0 radical (unpaired) electrons. The van der Waals surface area contributed by atoms with E-state index in [1.807, 2.05) is 13.8 Å². The van der Waals surface area contributed by atoms with E-state index in [0.29, 0.717) is 5.92 Å². The second-order valence-electron chi connectivity index (χ2n) is 4.78. The van der Waals surface area contributed by atoms with Gasteiger partial charge in [-0.15, -0.1) is 0 Å². The fourth-order valence-electron chi connectivity index (χ4n) is 2.17. The molecule has 2 N–H and O–H groups in total. The van der Waals surface area contributed by atoms with Gasteiger partial charge in [-0.3, -0.25) is 0 Å². The van der Waals surface area contributed by atoms with Crippen LogP contribution in [0.4, 0.5) is 4.79 Å². The summed E-state index contributed by atoms with van der Waals surface area (Å²) in [6.45, 7) is 3.81. The number of nitrogens with one attached hydrogen (secondary N) is 2. The Morgan fingerprint density at radius 1 is 1.25 bits per heavy atom. The van der Waals surface area contributed by atoms with Gasteiger partial charge in [0, 0.05) is 6.04 Å². The molecule has 0 aromatic rings. The summed E-state index contributed by atoms with van der Waals surface area (Å²) in [5, 5.41) is 14.6. The molecule has 0 aromatic heterocycles. The van der Waals surface area contributed by atoms with Crippen LogP contribution in [0.2, 0.25) is 0 Å². The van der Waals surface area contributed by atoms with Gasteiger partial charge < -0.3 is 10.6 Å². The molecule has 90 valence electrons. The molecule has 0 aliphatic heterocycles. The van der Waals surface area contributed by atoms with Crippen LogP contribution < -0.4 is 10.6 Å². The van der Waals surface area contributed by atoms with Crippen molar-refractivity contribution in [1.82, 2.24) is 10.6 Å². The first-order valence-corrected chi connectivity index (χ1v) is 6.10. The predicted molar refractivity (Wildman–Crippen MR) is 62.8 cm³/mol. The van der Waals surface area contributed by atoms with Gasteiger partial charge in [-0.25, -0.2) is 4.79 Å². The molecule has 2 amide bonds. The van der Waals surface area contributed by atoms with Crippen molar-refractivity contribution >= 4 is 6.03 Å². The summed E-state index contributed by atoms with van der Waals surface area (Å²) in [5.74, 6) is 0.330. The van der Waals surface area contributed by atoms with Gasteiger partial charge in [-0.2, -0.15) is 5.26 Å². The maximum absolute atomic E-state index is 11.5. The van der Waals surface area contributed by atoms with E-state index in [1.165, 1.54) is 19.3 Å². The minimum Gasteiger partial charge on any atom is -0.336 e. The van der Waals surface area contributed by atoms with Crippen molar-refractivity contribution in [2.75, 3.05) is 0 Å². The predicted octanol–water partition coefficient (Wildman–Crippen LogP) is 2.17. The van der Waals surface area contributed by atoms with Crippen LogP contribution in [0, 0.1) is 17.2 Å². The molecule has 16 heavy (non-hydrogen) atoms. The summed E-state index contributed by atoms with van der Waals surface area (Å²) in [6.07, 6.45) is 5.72. The number of rotatable bonds is 3. The van der Waals surface area contributed by atoms with Gasteiger partial charge in [0.15, 0.2) is 0 Å². The summed E-state index contributed by atoms with van der Waals surface area (Å²) < 4.78 is 0. The van der Waals surface area contributed by atoms with Crippen molar-refractivity contribution in [3.63, 3.8) is 0 Å². The lowest BCUT2D eigenvalue weighted by Crippen LogP contribution is -2.47. The first-order valence-electron chi connectivity index (χ1n) is 6.10. The molecule has 1 fully saturated rings. The molecule has 4 nitrogen and oxygen atoms in total. The molecular formula is C12H21N3O. The van der Waals surface area contributed by atoms with Gasteiger partial charge >= 0.3 is 6.03 Å². The molecule has 4 heteroatoms. The number of amides is 2. The molecule has 1 atom stereocenters. The number of nitriles is 1. The van der Waals surface area contributed by atoms with Crippen LogP contribution in [-0.4, -0.2) is 18.1 Å². The molecule has 1 saturated carbocycles. The fraction of sp³-hybridized carbons (Fsp3) is 0.833. The monoisotopic (exact) mass is 223 g/mol. The van der Waals surface area contributed by atoms with Crippen LogP contribution >= 0.6 is 0 Å². The van der Waals surface area contributed by atoms with Gasteiger partial charge in [0.05, 0.1) is 6.07 Å². The van der Waals surface area contributed by atoms with Crippen LogP contribution in [0.25, 0.3) is 0 Å². The first kappa shape index (κ1) is 12.8. The third-order valence-corrected chi connectivity index (χ3v) is 2.97. The van der Waals surface area contributed by atoms with E-state index in [9.17, 15) is 4.79 Å². The summed E-state index contributed by atoms with van der Waals surface area (Å²) in [4.78, 5) is 11.5. The van der Waals surface area contributed by atoms with E-state index in [4.69, 9.17) is 5.26 Å². The maximum atomic E-state index is 11.5. The lowest BCUT2D eigenvalue weighted by Gasteiger charge is -2.26. The molecular weight excluding hydrogens is 202 g/mol. The summed E-state index contributed by atoms with van der Waals surface area (Å²) in [7, 11) is 0. The van der Waals surface area contributed by atoms with Crippen molar-refractivity contribution in [1.29, 1.82) is 5.26 Å². The number of carbonyl (C=O) groups excluding carboxylic acids is 1. The lowest BCUT2D eigenvalue weighted by molar-refractivity contribution is 0.228. The highest BCUT2D eigenvalue weighted by atomic mass is 16.2. The Balaban J connectivity index is 2.42. The van der Waals surface area contributed by atoms with Crippen molar-refractivity contribution in [3.05, 3.63) is 0 Å². The molecule has 0 spiro atoms. The quantitative estimate of drug-likeness (QED) is 0.770. The molecule has 0 heterocycles. The Morgan fingerprint density at radius 3 is 2.38 bits per heavy atom. The Labute approximate surface area is 97.4 Å². The number of carbonyl (C=O) groups is 1. The maximum Gasteiger partial charge on any atom is 0.316 e. The van der Waals surface area contributed by atoms with Crippen LogP contribution in [0.1, 0.15) is 46.0 Å². The minimum absolute atomic E-state index is 0.102. The largest absolute Gasteiger partial charge is 0.336 e. The van der Waals surface area contributed by atoms with Gasteiger partial charge in [-0.05, 0) is 32.6 Å². The minimum atomic E-state index is -0.334. The molecule has 0 bridgehead atoms. The van der Waals surface area contributed by atoms with E-state index >= 15 is 0 Å². The summed E-state index contributed by atoms with van der Waals surface area (Å²) in [6, 6.07) is 1.74. The van der Waals surface area contributed by atoms with E-state index in [2.05, 4.69) is 16.7 Å². The van der Waals surface area contributed by atoms with Crippen LogP contribution in [0.5, 0.6) is 0 Å². The average Bonchev–Trinajstić information content (AvgIpc) is 2.26. The van der Waals surface area contributed by atoms with Gasteiger partial charge in [0.25, 0.3) is 0 Å². The number of urea groups is 1. The molecule has 0 aromatic carbocycles. The topological polar surface area (TPSA) is 64.9 Å². The van der Waals surface area contributed by atoms with Crippen LogP contribution in [0.15, 0.2) is 0 Å². The zero-order valence-corrected chi connectivity index (χ0v) is 10.1. The number of hydrogen-bond acceptors (Lipinski definition) is 2. The zero-order valence-electron chi connectivity index (χ0n) is 10.1. The molecule has 0 saturated heterocycles. The van der Waals surface area contributed by atoms with Crippen molar-refractivity contribution in [2.24, 2.45) is 5.92 Å². The lowest BCUT2D eigenvalue weighted by atomic mass is 9.84. The number of hydrogen-bond donors (Lipinski definition) is 2. The Hall–Kier alpha value is -1.24. The van der Waals surface area contributed by atoms with Crippen molar-refractivity contribution in [3.8, 4) is 6.07 Å². The van der Waals surface area contributed by atoms with E-state index in [0.717, 1.165) is 12.8 Å². The molecule has 1 unspecified atom stereocenters. The van der Waals surface area contributed by atoms with Gasteiger partial charge in [0.1, 0.15) is 6.04 Å². The van der Waals surface area contributed by atoms with E-state index < -0.39 is 0 Å². The zero-order chi connectivity index (χ0) is 12.0. The van der Waals surface area contributed by atoms with Gasteiger partial charge in [-0.1, -0.05) is 19.3 Å². The molecule has 1 aliphatic rings. The molecule has 1 aliphatic carbocycles. The smallest absolute Gasteiger partial charge is 0.316 e. The average molecular weight is 223 g/mol. The second-order valence-corrected chi connectivity index (χ2v) is 4.78.